The number of aromatic nitrogens is 1. The van der Waals surface area contributed by atoms with E-state index in [0.717, 1.165) is 37.4 Å². The van der Waals surface area contributed by atoms with Crippen LogP contribution in [-0.4, -0.2) is 49.0 Å². The monoisotopic (exact) mass is 465 g/mol. The Balaban J connectivity index is 1.40. The Hall–Kier alpha value is -3.29. The molecule has 3 aromatic rings. The lowest BCUT2D eigenvalue weighted by molar-refractivity contribution is 0.102. The van der Waals surface area contributed by atoms with Gasteiger partial charge in [0, 0.05) is 55.4 Å². The maximum atomic E-state index is 12.8. The number of likely N-dealkylation sites (N-methyl/N-ethyl adjacent to an activating group) is 1. The van der Waals surface area contributed by atoms with Crippen molar-refractivity contribution in [3.8, 4) is 5.75 Å². The Bertz CT molecular complexity index is 1110. The van der Waals surface area contributed by atoms with Crippen LogP contribution in [0, 0.1) is 0 Å². The first-order valence-electron chi connectivity index (χ1n) is 10.9. The van der Waals surface area contributed by atoms with Crippen LogP contribution in [0.1, 0.15) is 28.9 Å². The molecule has 1 fully saturated rings. The van der Waals surface area contributed by atoms with E-state index in [9.17, 15) is 4.79 Å². The number of piperazine rings is 1. The number of nitrogens with two attached hydrogens (primary N) is 1. The SMILES string of the molecule is C[C@@H](Oc1cc(Cl)cnc1N)c1cccc(NC(=O)c2ccc(N3CCN(C)CC3)cc2)c1. The van der Waals surface area contributed by atoms with E-state index >= 15 is 0 Å². The van der Waals surface area contributed by atoms with Crippen LogP contribution in [0.5, 0.6) is 5.75 Å². The van der Waals surface area contributed by atoms with Crippen LogP contribution >= 0.6 is 11.6 Å². The number of benzene rings is 2. The molecule has 1 aliphatic heterocycles. The molecule has 1 saturated heterocycles. The number of amides is 1. The quantitative estimate of drug-likeness (QED) is 0.559. The second-order valence-corrected chi connectivity index (χ2v) is 8.65. The number of pyridine rings is 1. The predicted molar refractivity (Wildman–Crippen MR) is 133 cm³/mol. The molecule has 3 N–H and O–H groups in total. The van der Waals surface area contributed by atoms with Crippen LogP contribution in [0.25, 0.3) is 0 Å². The van der Waals surface area contributed by atoms with Gasteiger partial charge >= 0.3 is 0 Å². The van der Waals surface area contributed by atoms with Crippen molar-refractivity contribution >= 4 is 34.7 Å². The van der Waals surface area contributed by atoms with Crippen molar-refractivity contribution in [1.29, 1.82) is 0 Å². The van der Waals surface area contributed by atoms with Crippen molar-refractivity contribution in [3.05, 3.63) is 76.9 Å². The van der Waals surface area contributed by atoms with Gasteiger partial charge in [-0.3, -0.25) is 4.79 Å². The summed E-state index contributed by atoms with van der Waals surface area (Å²) in [5.74, 6) is 0.537. The van der Waals surface area contributed by atoms with Crippen LogP contribution in [-0.2, 0) is 0 Å². The normalized spacial score (nSPS) is 15.2. The van der Waals surface area contributed by atoms with E-state index in [-0.39, 0.29) is 17.8 Å². The number of halogens is 1. The van der Waals surface area contributed by atoms with Gasteiger partial charge in [0.1, 0.15) is 6.10 Å². The molecule has 0 unspecified atom stereocenters. The van der Waals surface area contributed by atoms with E-state index in [2.05, 4.69) is 27.1 Å². The molecule has 8 heteroatoms. The van der Waals surface area contributed by atoms with Crippen LogP contribution in [0.2, 0.25) is 5.02 Å². The molecule has 0 aliphatic carbocycles. The standard InChI is InChI=1S/C25H28ClN5O2/c1-17(33-23-15-20(26)16-28-24(23)27)19-4-3-5-21(14-19)29-25(32)18-6-8-22(9-7-18)31-12-10-30(2)11-13-31/h3-9,14-17H,10-13H2,1-2H3,(H2,27,28)(H,29,32)/t17-/m1/s1. The Morgan fingerprint density at radius 1 is 1.12 bits per heavy atom. The molecule has 0 bridgehead atoms. The van der Waals surface area contributed by atoms with Crippen LogP contribution in [0.4, 0.5) is 17.2 Å². The zero-order valence-electron chi connectivity index (χ0n) is 18.8. The molecule has 7 nitrogen and oxygen atoms in total. The van der Waals surface area contributed by atoms with Gasteiger partial charge in [0.25, 0.3) is 5.91 Å². The first-order chi connectivity index (χ1) is 15.9. The maximum Gasteiger partial charge on any atom is 0.255 e. The molecular formula is C25H28ClN5O2. The third kappa shape index (κ3) is 5.74. The predicted octanol–water partition coefficient (Wildman–Crippen LogP) is 4.46. The fraction of sp³-hybridized carbons (Fsp3) is 0.280. The first kappa shape index (κ1) is 22.9. The van der Waals surface area contributed by atoms with E-state index in [1.165, 1.54) is 6.20 Å². The number of carbonyl (C=O) groups excluding carboxylic acids is 1. The minimum Gasteiger partial charge on any atom is -0.482 e. The summed E-state index contributed by atoms with van der Waals surface area (Å²) in [5, 5.41) is 3.42. The topological polar surface area (TPSA) is 83.7 Å². The van der Waals surface area contributed by atoms with E-state index in [4.69, 9.17) is 22.1 Å². The van der Waals surface area contributed by atoms with Gasteiger partial charge in [-0.2, -0.15) is 0 Å². The highest BCUT2D eigenvalue weighted by Crippen LogP contribution is 2.29. The summed E-state index contributed by atoms with van der Waals surface area (Å²) in [4.78, 5) is 21.5. The zero-order chi connectivity index (χ0) is 23.4. The molecule has 0 saturated carbocycles. The Labute approximate surface area is 199 Å². The summed E-state index contributed by atoms with van der Waals surface area (Å²) in [5.41, 5.74) is 9.21. The summed E-state index contributed by atoms with van der Waals surface area (Å²) in [7, 11) is 2.14. The fourth-order valence-electron chi connectivity index (χ4n) is 3.74. The molecule has 0 radical (unpaired) electrons. The van der Waals surface area contributed by atoms with Gasteiger partial charge in [-0.05, 0) is 55.9 Å². The zero-order valence-corrected chi connectivity index (χ0v) is 19.5. The van der Waals surface area contributed by atoms with Crippen molar-refractivity contribution in [3.63, 3.8) is 0 Å². The highest BCUT2D eigenvalue weighted by molar-refractivity contribution is 6.30. The van der Waals surface area contributed by atoms with Crippen molar-refractivity contribution in [2.24, 2.45) is 0 Å². The van der Waals surface area contributed by atoms with Crippen molar-refractivity contribution < 1.29 is 9.53 Å². The fourth-order valence-corrected chi connectivity index (χ4v) is 3.89. The van der Waals surface area contributed by atoms with Gasteiger partial charge in [-0.1, -0.05) is 23.7 Å². The number of nitrogen functional groups attached to an aromatic ring is 1. The Kier molecular flexibility index (Phi) is 7.01. The molecule has 1 aromatic heterocycles. The molecule has 1 atom stereocenters. The Morgan fingerprint density at radius 3 is 2.58 bits per heavy atom. The van der Waals surface area contributed by atoms with Gasteiger partial charge in [-0.15, -0.1) is 0 Å². The van der Waals surface area contributed by atoms with Crippen molar-refractivity contribution in [1.82, 2.24) is 9.88 Å². The minimum absolute atomic E-state index is 0.158. The molecule has 172 valence electrons. The summed E-state index contributed by atoms with van der Waals surface area (Å²) >= 11 is 6.00. The second kappa shape index (κ2) is 10.1. The number of nitrogens with zero attached hydrogens (tertiary/aromatic N) is 3. The maximum absolute atomic E-state index is 12.8. The molecule has 1 amide bonds. The van der Waals surface area contributed by atoms with Gasteiger partial charge in [-0.25, -0.2) is 4.98 Å². The molecule has 0 spiro atoms. The van der Waals surface area contributed by atoms with Gasteiger partial charge in [0.15, 0.2) is 11.6 Å². The lowest BCUT2D eigenvalue weighted by Crippen LogP contribution is -2.44. The molecule has 2 aromatic carbocycles. The summed E-state index contributed by atoms with van der Waals surface area (Å²) in [6, 6.07) is 16.9. The third-order valence-electron chi connectivity index (χ3n) is 5.76. The third-order valence-corrected chi connectivity index (χ3v) is 5.97. The average molecular weight is 466 g/mol. The van der Waals surface area contributed by atoms with E-state index in [1.807, 2.05) is 55.5 Å². The van der Waals surface area contributed by atoms with Crippen LogP contribution < -0.4 is 20.7 Å². The highest BCUT2D eigenvalue weighted by atomic mass is 35.5. The van der Waals surface area contributed by atoms with E-state index < -0.39 is 0 Å². The minimum atomic E-state index is -0.313. The average Bonchev–Trinajstić information content (AvgIpc) is 2.82. The van der Waals surface area contributed by atoms with Gasteiger partial charge < -0.3 is 25.6 Å². The Morgan fingerprint density at radius 2 is 1.85 bits per heavy atom. The molecule has 1 aliphatic rings. The molecular weight excluding hydrogens is 438 g/mol. The summed E-state index contributed by atoms with van der Waals surface area (Å²) in [6.07, 6.45) is 1.16. The van der Waals surface area contributed by atoms with E-state index in [1.54, 1.807) is 6.07 Å². The van der Waals surface area contributed by atoms with Crippen molar-refractivity contribution in [2.75, 3.05) is 49.2 Å². The highest BCUT2D eigenvalue weighted by Gasteiger charge is 2.16. The number of hydrogen-bond donors (Lipinski definition) is 2. The number of anilines is 3. The summed E-state index contributed by atoms with van der Waals surface area (Å²) < 4.78 is 5.94. The molecule has 2 heterocycles. The van der Waals surface area contributed by atoms with Crippen LogP contribution in [0.3, 0.4) is 0 Å². The number of ether oxygens (including phenoxy) is 1. The first-order valence-corrected chi connectivity index (χ1v) is 11.3. The van der Waals surface area contributed by atoms with Crippen molar-refractivity contribution in [2.45, 2.75) is 13.0 Å². The van der Waals surface area contributed by atoms with Gasteiger partial charge in [0.05, 0.1) is 5.02 Å². The largest absolute Gasteiger partial charge is 0.482 e. The van der Waals surface area contributed by atoms with E-state index in [0.29, 0.717) is 22.0 Å². The molecule has 33 heavy (non-hydrogen) atoms. The summed E-state index contributed by atoms with van der Waals surface area (Å²) in [6.45, 7) is 5.97. The lowest BCUT2D eigenvalue weighted by Gasteiger charge is -2.34. The molecule has 4 rings (SSSR count). The number of nitrogens with one attached hydrogen (secondary N) is 1. The number of hydrogen-bond acceptors (Lipinski definition) is 6. The number of rotatable bonds is 6. The van der Waals surface area contributed by atoms with Crippen LogP contribution in [0.15, 0.2) is 60.8 Å². The second-order valence-electron chi connectivity index (χ2n) is 8.21. The smallest absolute Gasteiger partial charge is 0.255 e. The lowest BCUT2D eigenvalue weighted by atomic mass is 10.1. The van der Waals surface area contributed by atoms with Gasteiger partial charge in [0.2, 0.25) is 0 Å². The number of carbonyl (C=O) groups is 1.